The number of benzene rings is 1. The number of hydrogen-bond acceptors (Lipinski definition) is 3. The molecule has 0 radical (unpaired) electrons. The summed E-state index contributed by atoms with van der Waals surface area (Å²) in [5.74, 6) is -0.857. The number of alkyl halides is 3. The van der Waals surface area contributed by atoms with E-state index >= 15 is 0 Å². The molecule has 3 rings (SSSR count). The van der Waals surface area contributed by atoms with E-state index < -0.39 is 23.2 Å². The molecule has 0 bridgehead atoms. The van der Waals surface area contributed by atoms with Crippen molar-refractivity contribution in [2.75, 3.05) is 5.32 Å². The van der Waals surface area contributed by atoms with Gasteiger partial charge in [-0.3, -0.25) is 14.8 Å². The van der Waals surface area contributed by atoms with Crippen molar-refractivity contribution in [1.82, 2.24) is 9.97 Å². The Morgan fingerprint density at radius 2 is 1.92 bits per heavy atom. The molecule has 0 saturated heterocycles. The van der Waals surface area contributed by atoms with Crippen molar-refractivity contribution in [3.63, 3.8) is 0 Å². The number of pyridine rings is 2. The number of carbonyl (C=O) groups is 1. The van der Waals surface area contributed by atoms with Crippen LogP contribution in [0, 0.1) is 6.92 Å². The van der Waals surface area contributed by atoms with Gasteiger partial charge in [-0.15, -0.1) is 0 Å². The Morgan fingerprint density at radius 3 is 2.67 bits per heavy atom. The van der Waals surface area contributed by atoms with E-state index in [1.807, 2.05) is 24.3 Å². The van der Waals surface area contributed by atoms with Crippen LogP contribution in [0.3, 0.4) is 0 Å². The van der Waals surface area contributed by atoms with Gasteiger partial charge < -0.3 is 5.32 Å². The fourth-order valence-electron chi connectivity index (χ4n) is 2.35. The molecular formula is C17H12F3N3O. The fraction of sp³-hybridized carbons (Fsp3) is 0.118. The van der Waals surface area contributed by atoms with Crippen LogP contribution in [0.5, 0.6) is 0 Å². The Hall–Kier alpha value is -2.96. The number of fused-ring (bicyclic) bond motifs is 1. The number of rotatable bonds is 2. The zero-order valence-corrected chi connectivity index (χ0v) is 12.6. The highest BCUT2D eigenvalue weighted by Gasteiger charge is 2.35. The Kier molecular flexibility index (Phi) is 3.92. The van der Waals surface area contributed by atoms with E-state index in [1.165, 1.54) is 0 Å². The largest absolute Gasteiger partial charge is 0.418 e. The van der Waals surface area contributed by atoms with E-state index in [1.54, 1.807) is 13.0 Å². The number of anilines is 1. The Bertz CT molecular complexity index is 922. The number of amides is 1. The monoisotopic (exact) mass is 331 g/mol. The zero-order valence-electron chi connectivity index (χ0n) is 12.6. The van der Waals surface area contributed by atoms with Crippen LogP contribution in [0.15, 0.2) is 48.8 Å². The van der Waals surface area contributed by atoms with Crippen LogP contribution >= 0.6 is 0 Å². The van der Waals surface area contributed by atoms with Crippen LogP contribution in [0.2, 0.25) is 0 Å². The molecule has 0 aliphatic rings. The number of halogens is 3. The lowest BCUT2D eigenvalue weighted by atomic mass is 10.1. The predicted molar refractivity (Wildman–Crippen MR) is 83.7 cm³/mol. The van der Waals surface area contributed by atoms with E-state index in [0.29, 0.717) is 17.6 Å². The number of hydrogen-bond donors (Lipinski definition) is 1. The molecule has 1 N–H and O–H groups in total. The molecule has 4 nitrogen and oxygen atoms in total. The van der Waals surface area contributed by atoms with E-state index in [4.69, 9.17) is 0 Å². The van der Waals surface area contributed by atoms with Crippen molar-refractivity contribution in [2.45, 2.75) is 13.1 Å². The molecule has 1 amide bonds. The summed E-state index contributed by atoms with van der Waals surface area (Å²) < 4.78 is 39.0. The maximum atomic E-state index is 13.0. The molecule has 0 saturated carbocycles. The molecule has 122 valence electrons. The number of aryl methyl sites for hydroxylation is 1. The van der Waals surface area contributed by atoms with E-state index in [-0.39, 0.29) is 0 Å². The topological polar surface area (TPSA) is 54.9 Å². The van der Waals surface area contributed by atoms with Crippen molar-refractivity contribution in [1.29, 1.82) is 0 Å². The third-order valence-electron chi connectivity index (χ3n) is 3.53. The van der Waals surface area contributed by atoms with Crippen LogP contribution < -0.4 is 5.32 Å². The van der Waals surface area contributed by atoms with Crippen LogP contribution in [0.1, 0.15) is 21.6 Å². The first-order valence-corrected chi connectivity index (χ1v) is 7.05. The lowest BCUT2D eigenvalue weighted by Gasteiger charge is -2.13. The summed E-state index contributed by atoms with van der Waals surface area (Å²) in [6.45, 7) is 1.68. The van der Waals surface area contributed by atoms with Crippen molar-refractivity contribution in [3.05, 3.63) is 65.6 Å². The summed E-state index contributed by atoms with van der Waals surface area (Å²) in [6.07, 6.45) is -2.87. The van der Waals surface area contributed by atoms with Gasteiger partial charge in [0.15, 0.2) is 0 Å². The zero-order chi connectivity index (χ0) is 17.3. The van der Waals surface area contributed by atoms with Gasteiger partial charge in [-0.2, -0.15) is 13.2 Å². The average Bonchev–Trinajstić information content (AvgIpc) is 2.54. The summed E-state index contributed by atoms with van der Waals surface area (Å²) >= 11 is 0. The first-order chi connectivity index (χ1) is 11.4. The maximum absolute atomic E-state index is 13.0. The maximum Gasteiger partial charge on any atom is 0.418 e. The van der Waals surface area contributed by atoms with Crippen LogP contribution in [-0.4, -0.2) is 15.9 Å². The van der Waals surface area contributed by atoms with Gasteiger partial charge in [0.2, 0.25) is 0 Å². The second-order valence-electron chi connectivity index (χ2n) is 5.19. The average molecular weight is 331 g/mol. The molecule has 3 aromatic rings. The first kappa shape index (κ1) is 15.9. The summed E-state index contributed by atoms with van der Waals surface area (Å²) in [5, 5.41) is 3.28. The molecule has 0 fully saturated rings. The van der Waals surface area contributed by atoms with E-state index in [0.717, 1.165) is 23.2 Å². The third kappa shape index (κ3) is 3.05. The second kappa shape index (κ2) is 5.92. The molecule has 0 aliphatic carbocycles. The minimum atomic E-state index is -4.66. The summed E-state index contributed by atoms with van der Waals surface area (Å²) in [7, 11) is 0. The highest BCUT2D eigenvalue weighted by atomic mass is 19.4. The van der Waals surface area contributed by atoms with E-state index in [9.17, 15) is 18.0 Å². The molecule has 2 heterocycles. The number of para-hydroxylation sites is 1. The lowest BCUT2D eigenvalue weighted by molar-refractivity contribution is -0.138. The summed E-state index contributed by atoms with van der Waals surface area (Å²) in [6, 6.07) is 10.0. The quantitative estimate of drug-likeness (QED) is 0.765. The second-order valence-corrected chi connectivity index (χ2v) is 5.19. The number of aromatic nitrogens is 2. The van der Waals surface area contributed by atoms with Gasteiger partial charge in [-0.25, -0.2) is 0 Å². The molecular weight excluding hydrogens is 319 g/mol. The third-order valence-corrected chi connectivity index (χ3v) is 3.53. The minimum Gasteiger partial charge on any atom is -0.320 e. The Balaban J connectivity index is 1.98. The van der Waals surface area contributed by atoms with Gasteiger partial charge in [0.05, 0.1) is 28.0 Å². The molecule has 0 unspecified atom stereocenters. The number of nitrogens with one attached hydrogen (secondary N) is 1. The van der Waals surface area contributed by atoms with Gasteiger partial charge in [0, 0.05) is 17.8 Å². The van der Waals surface area contributed by atoms with Gasteiger partial charge >= 0.3 is 6.18 Å². The normalized spacial score (nSPS) is 11.5. The molecule has 0 atom stereocenters. The van der Waals surface area contributed by atoms with Crippen molar-refractivity contribution >= 4 is 22.5 Å². The van der Waals surface area contributed by atoms with E-state index in [2.05, 4.69) is 15.3 Å². The van der Waals surface area contributed by atoms with Gasteiger partial charge in [0.1, 0.15) is 0 Å². The van der Waals surface area contributed by atoms with Crippen molar-refractivity contribution < 1.29 is 18.0 Å². The summed E-state index contributed by atoms with van der Waals surface area (Å²) in [5.41, 5.74) is 0.0696. The van der Waals surface area contributed by atoms with Gasteiger partial charge in [-0.05, 0) is 25.1 Å². The standard InChI is InChI=1S/C17H12F3N3O/c1-10-15(8-11-4-2-3-5-14(11)22-10)23-16(24)12-6-7-21-9-13(12)17(18,19)20/h2-9H,1H3,(H,23,24). The SMILES string of the molecule is Cc1nc2ccccc2cc1NC(=O)c1ccncc1C(F)(F)F. The minimum absolute atomic E-state index is 0.364. The molecule has 0 spiro atoms. The predicted octanol–water partition coefficient (Wildman–Crippen LogP) is 4.21. The van der Waals surface area contributed by atoms with Gasteiger partial charge in [0.25, 0.3) is 5.91 Å². The Labute approximate surface area is 135 Å². The molecule has 2 aromatic heterocycles. The first-order valence-electron chi connectivity index (χ1n) is 7.05. The van der Waals surface area contributed by atoms with Gasteiger partial charge in [-0.1, -0.05) is 18.2 Å². The molecule has 24 heavy (non-hydrogen) atoms. The van der Waals surface area contributed by atoms with Crippen molar-refractivity contribution in [2.24, 2.45) is 0 Å². The van der Waals surface area contributed by atoms with Crippen LogP contribution in [-0.2, 0) is 6.18 Å². The lowest BCUT2D eigenvalue weighted by Crippen LogP contribution is -2.19. The Morgan fingerprint density at radius 1 is 1.17 bits per heavy atom. The number of nitrogens with zero attached hydrogens (tertiary/aromatic N) is 2. The number of carbonyl (C=O) groups excluding carboxylic acids is 1. The molecule has 1 aromatic carbocycles. The summed E-state index contributed by atoms with van der Waals surface area (Å²) in [4.78, 5) is 20.1. The fourth-order valence-corrected chi connectivity index (χ4v) is 2.35. The van der Waals surface area contributed by atoms with Crippen LogP contribution in [0.25, 0.3) is 10.9 Å². The highest BCUT2D eigenvalue weighted by molar-refractivity contribution is 6.06. The van der Waals surface area contributed by atoms with Crippen LogP contribution in [0.4, 0.5) is 18.9 Å². The molecule has 0 aliphatic heterocycles. The smallest absolute Gasteiger partial charge is 0.320 e. The highest BCUT2D eigenvalue weighted by Crippen LogP contribution is 2.32. The molecule has 7 heteroatoms. The van der Waals surface area contributed by atoms with Crippen molar-refractivity contribution in [3.8, 4) is 0 Å².